The molecule has 3 heteroatoms. The molecule has 0 saturated carbocycles. The lowest BCUT2D eigenvalue weighted by molar-refractivity contribution is 0.144. The lowest BCUT2D eigenvalue weighted by atomic mass is 10.1. The van der Waals surface area contributed by atoms with Gasteiger partial charge in [-0.1, -0.05) is 24.3 Å². The number of nitrogens with one attached hydrogen (secondary N) is 1. The maximum Gasteiger partial charge on any atom is 0.134 e. The number of benzene rings is 1. The summed E-state index contributed by atoms with van der Waals surface area (Å²) in [5, 5.41) is 6.01. The van der Waals surface area contributed by atoms with Gasteiger partial charge in [-0.05, 0) is 30.7 Å². The molecule has 2 heterocycles. The maximum absolute atomic E-state index is 5.49. The van der Waals surface area contributed by atoms with Gasteiger partial charge in [-0.15, -0.1) is 0 Å². The summed E-state index contributed by atoms with van der Waals surface area (Å²) in [4.78, 5) is 4.48. The van der Waals surface area contributed by atoms with Gasteiger partial charge in [0.2, 0.25) is 0 Å². The third-order valence-electron chi connectivity index (χ3n) is 3.47. The van der Waals surface area contributed by atoms with E-state index in [4.69, 9.17) is 4.74 Å². The molecule has 0 radical (unpaired) electrons. The highest BCUT2D eigenvalue weighted by Gasteiger charge is 2.13. The van der Waals surface area contributed by atoms with Gasteiger partial charge < -0.3 is 10.1 Å². The van der Waals surface area contributed by atoms with Crippen molar-refractivity contribution < 1.29 is 4.74 Å². The Balaban J connectivity index is 1.85. The lowest BCUT2D eigenvalue weighted by Crippen LogP contribution is -2.20. The highest BCUT2D eigenvalue weighted by atomic mass is 16.5. The predicted molar refractivity (Wildman–Crippen MR) is 73.8 cm³/mol. The van der Waals surface area contributed by atoms with Gasteiger partial charge in [0.15, 0.2) is 0 Å². The van der Waals surface area contributed by atoms with Crippen molar-refractivity contribution in [2.75, 3.05) is 18.5 Å². The highest BCUT2D eigenvalue weighted by molar-refractivity contribution is 5.91. The fourth-order valence-electron chi connectivity index (χ4n) is 2.48. The van der Waals surface area contributed by atoms with Crippen LogP contribution in [0.2, 0.25) is 0 Å². The van der Waals surface area contributed by atoms with Crippen LogP contribution < -0.4 is 5.32 Å². The number of hydrogen-bond donors (Lipinski definition) is 1. The third-order valence-corrected chi connectivity index (χ3v) is 3.47. The van der Waals surface area contributed by atoms with E-state index in [1.54, 1.807) is 0 Å². The molecule has 1 saturated heterocycles. The second-order valence-corrected chi connectivity index (χ2v) is 4.77. The minimum absolute atomic E-state index is 0.478. The van der Waals surface area contributed by atoms with Crippen LogP contribution >= 0.6 is 0 Å². The first-order chi connectivity index (χ1) is 8.93. The van der Waals surface area contributed by atoms with Crippen molar-refractivity contribution >= 4 is 16.6 Å². The molecule has 1 aliphatic rings. The van der Waals surface area contributed by atoms with E-state index < -0.39 is 0 Å². The Morgan fingerprint density at radius 3 is 3.06 bits per heavy atom. The largest absolute Gasteiger partial charge is 0.381 e. The summed E-state index contributed by atoms with van der Waals surface area (Å²) in [5.41, 5.74) is 0. The average Bonchev–Trinajstić information content (AvgIpc) is 2.68. The molecule has 18 heavy (non-hydrogen) atoms. The number of aromatic nitrogens is 1. The van der Waals surface area contributed by atoms with Gasteiger partial charge in [0.1, 0.15) is 5.82 Å². The molecule has 1 fully saturated rings. The number of pyridine rings is 1. The van der Waals surface area contributed by atoms with Crippen LogP contribution in [-0.4, -0.2) is 24.2 Å². The monoisotopic (exact) mass is 242 g/mol. The first-order valence-electron chi connectivity index (χ1n) is 6.61. The van der Waals surface area contributed by atoms with Crippen LogP contribution in [0.25, 0.3) is 10.8 Å². The fraction of sp³-hybridized carbons (Fsp3) is 0.400. The average molecular weight is 242 g/mol. The van der Waals surface area contributed by atoms with Gasteiger partial charge >= 0.3 is 0 Å². The van der Waals surface area contributed by atoms with Gasteiger partial charge in [0.05, 0.1) is 0 Å². The summed E-state index contributed by atoms with van der Waals surface area (Å²) in [6.07, 6.45) is 5.22. The van der Waals surface area contributed by atoms with Crippen LogP contribution in [0.1, 0.15) is 19.3 Å². The lowest BCUT2D eigenvalue weighted by Gasteiger charge is -2.17. The SMILES string of the molecule is c1ccc2c(NC3CCCOCC3)nccc2c1. The van der Waals surface area contributed by atoms with Crippen molar-refractivity contribution in [1.82, 2.24) is 4.98 Å². The van der Waals surface area contributed by atoms with E-state index in [1.165, 1.54) is 10.8 Å². The molecule has 0 aliphatic carbocycles. The van der Waals surface area contributed by atoms with Gasteiger partial charge in [0.25, 0.3) is 0 Å². The number of anilines is 1. The van der Waals surface area contributed by atoms with Crippen molar-refractivity contribution in [2.45, 2.75) is 25.3 Å². The van der Waals surface area contributed by atoms with Crippen molar-refractivity contribution in [1.29, 1.82) is 0 Å². The zero-order chi connectivity index (χ0) is 12.2. The molecule has 0 amide bonds. The summed E-state index contributed by atoms with van der Waals surface area (Å²) < 4.78 is 5.49. The van der Waals surface area contributed by atoms with Crippen LogP contribution in [-0.2, 0) is 4.74 Å². The molecular formula is C15H18N2O. The summed E-state index contributed by atoms with van der Waals surface area (Å²) in [5.74, 6) is 1.00. The fourth-order valence-corrected chi connectivity index (χ4v) is 2.48. The smallest absolute Gasteiger partial charge is 0.134 e. The van der Waals surface area contributed by atoms with Gasteiger partial charge in [0, 0.05) is 30.8 Å². The van der Waals surface area contributed by atoms with Crippen molar-refractivity contribution in [3.63, 3.8) is 0 Å². The van der Waals surface area contributed by atoms with Crippen LogP contribution in [0.4, 0.5) is 5.82 Å². The minimum Gasteiger partial charge on any atom is -0.381 e. The second-order valence-electron chi connectivity index (χ2n) is 4.77. The Bertz CT molecular complexity index is 513. The predicted octanol–water partition coefficient (Wildman–Crippen LogP) is 3.22. The van der Waals surface area contributed by atoms with E-state index >= 15 is 0 Å². The molecule has 1 aliphatic heterocycles. The zero-order valence-electron chi connectivity index (χ0n) is 10.4. The molecule has 0 bridgehead atoms. The third kappa shape index (κ3) is 2.46. The van der Waals surface area contributed by atoms with Gasteiger partial charge in [-0.3, -0.25) is 0 Å². The van der Waals surface area contributed by atoms with Crippen LogP contribution in [0.15, 0.2) is 36.5 Å². The number of fused-ring (bicyclic) bond motifs is 1. The molecule has 1 atom stereocenters. The molecule has 1 aromatic heterocycles. The summed E-state index contributed by atoms with van der Waals surface area (Å²) >= 11 is 0. The van der Waals surface area contributed by atoms with E-state index in [2.05, 4.69) is 40.6 Å². The quantitative estimate of drug-likeness (QED) is 0.878. The molecule has 1 aromatic carbocycles. The van der Waals surface area contributed by atoms with Crippen LogP contribution in [0, 0.1) is 0 Å². The Labute approximate surface area is 107 Å². The molecule has 1 N–H and O–H groups in total. The highest BCUT2D eigenvalue weighted by Crippen LogP contribution is 2.22. The van der Waals surface area contributed by atoms with Crippen LogP contribution in [0.3, 0.4) is 0 Å². The summed E-state index contributed by atoms with van der Waals surface area (Å²) in [6, 6.07) is 10.9. The number of hydrogen-bond acceptors (Lipinski definition) is 3. The molecule has 2 aromatic rings. The normalized spacial score (nSPS) is 20.6. The number of nitrogens with zero attached hydrogens (tertiary/aromatic N) is 1. The van der Waals surface area contributed by atoms with Gasteiger partial charge in [-0.25, -0.2) is 4.98 Å². The Morgan fingerprint density at radius 2 is 2.06 bits per heavy atom. The topological polar surface area (TPSA) is 34.1 Å². The minimum atomic E-state index is 0.478. The standard InChI is InChI=1S/C15H18N2O/c1-2-6-14-12(4-1)7-9-16-15(14)17-13-5-3-10-18-11-8-13/h1-2,4,6-7,9,13H,3,5,8,10-11H2,(H,16,17). The van der Waals surface area contributed by atoms with E-state index in [9.17, 15) is 0 Å². The number of ether oxygens (including phenoxy) is 1. The number of rotatable bonds is 2. The maximum atomic E-state index is 5.49. The van der Waals surface area contributed by atoms with E-state index in [0.29, 0.717) is 6.04 Å². The Kier molecular flexibility index (Phi) is 3.42. The van der Waals surface area contributed by atoms with Crippen molar-refractivity contribution in [3.8, 4) is 0 Å². The van der Waals surface area contributed by atoms with E-state index in [-0.39, 0.29) is 0 Å². The molecule has 1 unspecified atom stereocenters. The van der Waals surface area contributed by atoms with Crippen LogP contribution in [0.5, 0.6) is 0 Å². The molecule has 3 nitrogen and oxygen atoms in total. The molecule has 3 rings (SSSR count). The zero-order valence-corrected chi connectivity index (χ0v) is 10.4. The first-order valence-corrected chi connectivity index (χ1v) is 6.61. The second kappa shape index (κ2) is 5.36. The van der Waals surface area contributed by atoms with E-state index in [1.807, 2.05) is 6.20 Å². The van der Waals surface area contributed by atoms with E-state index in [0.717, 1.165) is 38.3 Å². The van der Waals surface area contributed by atoms with Crippen molar-refractivity contribution in [2.24, 2.45) is 0 Å². The summed E-state index contributed by atoms with van der Waals surface area (Å²) in [6.45, 7) is 1.74. The first kappa shape index (κ1) is 11.5. The van der Waals surface area contributed by atoms with Gasteiger partial charge in [-0.2, -0.15) is 0 Å². The molecule has 94 valence electrons. The van der Waals surface area contributed by atoms with Crippen molar-refractivity contribution in [3.05, 3.63) is 36.5 Å². The molecule has 0 spiro atoms. The molecular weight excluding hydrogens is 224 g/mol. The summed E-state index contributed by atoms with van der Waals surface area (Å²) in [7, 11) is 0. The Morgan fingerprint density at radius 1 is 1.11 bits per heavy atom. The Hall–Kier alpha value is -1.61.